The molecule has 5 nitrogen and oxygen atoms in total. The summed E-state index contributed by atoms with van der Waals surface area (Å²) in [5.74, 6) is 0.730. The van der Waals surface area contributed by atoms with E-state index in [0.29, 0.717) is 5.71 Å². The number of furan rings is 1. The minimum absolute atomic E-state index is 0.554. The van der Waals surface area contributed by atoms with Crippen molar-refractivity contribution >= 4 is 39.1 Å². The molecule has 24 heavy (non-hydrogen) atoms. The Balaban J connectivity index is 1.83. The molecule has 5 heteroatoms. The van der Waals surface area contributed by atoms with Crippen LogP contribution in [-0.4, -0.2) is 15.9 Å². The van der Waals surface area contributed by atoms with Crippen LogP contribution >= 0.6 is 0 Å². The molecule has 0 atom stereocenters. The van der Waals surface area contributed by atoms with E-state index in [4.69, 9.17) is 14.6 Å². The van der Waals surface area contributed by atoms with Crippen LogP contribution in [0.1, 0.15) is 12.5 Å². The third-order valence-corrected chi connectivity index (χ3v) is 3.99. The highest BCUT2D eigenvalue weighted by Gasteiger charge is 2.11. The van der Waals surface area contributed by atoms with Crippen molar-refractivity contribution in [1.29, 1.82) is 0 Å². The van der Waals surface area contributed by atoms with Crippen molar-refractivity contribution in [2.45, 2.75) is 6.92 Å². The zero-order valence-corrected chi connectivity index (χ0v) is 13.0. The number of fused-ring (bicyclic) bond motifs is 3. The first-order valence-corrected chi connectivity index (χ1v) is 7.58. The molecule has 2 aromatic carbocycles. The van der Waals surface area contributed by atoms with E-state index in [1.807, 2.05) is 54.6 Å². The molecule has 0 fully saturated rings. The summed E-state index contributed by atoms with van der Waals surface area (Å²) >= 11 is 0. The van der Waals surface area contributed by atoms with E-state index in [0.717, 1.165) is 38.9 Å². The zero-order valence-electron chi connectivity index (χ0n) is 13.0. The van der Waals surface area contributed by atoms with Crippen molar-refractivity contribution < 1.29 is 9.62 Å². The molecule has 4 aromatic rings. The van der Waals surface area contributed by atoms with E-state index in [2.05, 4.69) is 10.5 Å². The summed E-state index contributed by atoms with van der Waals surface area (Å²) in [6.45, 7) is 1.75. The van der Waals surface area contributed by atoms with Crippen molar-refractivity contribution in [2.24, 2.45) is 5.16 Å². The molecule has 0 aliphatic rings. The summed E-state index contributed by atoms with van der Waals surface area (Å²) in [6.07, 6.45) is 1.67. The first-order chi connectivity index (χ1) is 11.8. The van der Waals surface area contributed by atoms with Gasteiger partial charge < -0.3 is 14.9 Å². The van der Waals surface area contributed by atoms with Gasteiger partial charge in [-0.2, -0.15) is 0 Å². The Morgan fingerprint density at radius 1 is 1.08 bits per heavy atom. The molecule has 0 radical (unpaired) electrons. The number of oxime groups is 1. The lowest BCUT2D eigenvalue weighted by Gasteiger charge is -2.10. The lowest BCUT2D eigenvalue weighted by Crippen LogP contribution is -1.98. The van der Waals surface area contributed by atoms with Gasteiger partial charge in [-0.15, -0.1) is 0 Å². The Kier molecular flexibility index (Phi) is 3.39. The number of hydrogen-bond donors (Lipinski definition) is 2. The van der Waals surface area contributed by atoms with Gasteiger partial charge in [0.2, 0.25) is 0 Å². The van der Waals surface area contributed by atoms with Gasteiger partial charge in [-0.05, 0) is 37.3 Å². The van der Waals surface area contributed by atoms with Gasteiger partial charge in [-0.3, -0.25) is 0 Å². The van der Waals surface area contributed by atoms with E-state index >= 15 is 0 Å². The van der Waals surface area contributed by atoms with Crippen LogP contribution in [-0.2, 0) is 0 Å². The fourth-order valence-corrected chi connectivity index (χ4v) is 2.76. The summed E-state index contributed by atoms with van der Waals surface area (Å²) in [6, 6.07) is 17.4. The number of nitrogens with one attached hydrogen (secondary N) is 1. The molecule has 0 aliphatic heterocycles. The van der Waals surface area contributed by atoms with E-state index in [1.54, 1.807) is 13.2 Å². The van der Waals surface area contributed by atoms with Crippen molar-refractivity contribution in [2.75, 3.05) is 5.32 Å². The minimum Gasteiger partial charge on any atom is -0.463 e. The Morgan fingerprint density at radius 2 is 1.96 bits per heavy atom. The Bertz CT molecular complexity index is 1070. The maximum atomic E-state index is 8.94. The van der Waals surface area contributed by atoms with Crippen molar-refractivity contribution in [1.82, 2.24) is 4.98 Å². The Labute approximate surface area is 138 Å². The van der Waals surface area contributed by atoms with Gasteiger partial charge in [0.15, 0.2) is 0 Å². The molecule has 0 spiro atoms. The van der Waals surface area contributed by atoms with Crippen LogP contribution in [0.3, 0.4) is 0 Å². The number of benzene rings is 2. The third kappa shape index (κ3) is 2.36. The summed E-state index contributed by atoms with van der Waals surface area (Å²) in [5.41, 5.74) is 3.94. The molecular formula is C19H15N3O2. The molecule has 0 bridgehead atoms. The van der Waals surface area contributed by atoms with Crippen LogP contribution in [0.25, 0.3) is 21.9 Å². The summed E-state index contributed by atoms with van der Waals surface area (Å²) < 4.78 is 5.66. The van der Waals surface area contributed by atoms with Gasteiger partial charge in [0.05, 0.1) is 22.9 Å². The van der Waals surface area contributed by atoms with Gasteiger partial charge in [0.25, 0.3) is 0 Å². The summed E-state index contributed by atoms with van der Waals surface area (Å²) in [5, 5.41) is 17.4. The van der Waals surface area contributed by atoms with Gasteiger partial charge in [0, 0.05) is 16.6 Å². The second-order valence-corrected chi connectivity index (χ2v) is 5.53. The second kappa shape index (κ2) is 5.70. The minimum atomic E-state index is 0.554. The van der Waals surface area contributed by atoms with Crippen LogP contribution in [0.5, 0.6) is 0 Å². The molecule has 0 saturated heterocycles. The normalized spacial score (nSPS) is 12.0. The standard InChI is InChI=1S/C19H15N3O2/c1-12(22-23)13-5-4-6-14(11-13)20-19-16-9-10-24-18(16)15-7-2-3-8-17(15)21-19/h2-11,23H,1H3,(H,20,21)/b22-12+. The lowest BCUT2D eigenvalue weighted by atomic mass is 10.1. The molecule has 2 aromatic heterocycles. The number of hydrogen-bond acceptors (Lipinski definition) is 5. The summed E-state index contributed by atoms with van der Waals surface area (Å²) in [4.78, 5) is 4.71. The Morgan fingerprint density at radius 3 is 2.83 bits per heavy atom. The monoisotopic (exact) mass is 317 g/mol. The van der Waals surface area contributed by atoms with Gasteiger partial charge in [-0.25, -0.2) is 4.98 Å². The van der Waals surface area contributed by atoms with Crippen LogP contribution in [0.4, 0.5) is 11.5 Å². The van der Waals surface area contributed by atoms with Gasteiger partial charge >= 0.3 is 0 Å². The number of rotatable bonds is 3. The molecule has 0 aliphatic carbocycles. The fourth-order valence-electron chi connectivity index (χ4n) is 2.76. The van der Waals surface area contributed by atoms with E-state index in [9.17, 15) is 0 Å². The number of pyridine rings is 1. The highest BCUT2D eigenvalue weighted by atomic mass is 16.4. The molecule has 0 saturated carbocycles. The van der Waals surface area contributed by atoms with Crippen LogP contribution in [0.2, 0.25) is 0 Å². The SMILES string of the molecule is C/C(=N\O)c1cccc(Nc2nc3ccccc3c3occc23)c1. The third-order valence-electron chi connectivity index (χ3n) is 3.99. The van der Waals surface area contributed by atoms with Crippen LogP contribution < -0.4 is 5.32 Å². The van der Waals surface area contributed by atoms with Crippen LogP contribution in [0.15, 0.2) is 70.4 Å². The van der Waals surface area contributed by atoms with E-state index in [1.165, 1.54) is 0 Å². The quantitative estimate of drug-likeness (QED) is 0.319. The molecular weight excluding hydrogens is 302 g/mol. The van der Waals surface area contributed by atoms with Gasteiger partial charge in [-0.1, -0.05) is 29.4 Å². The Hall–Kier alpha value is -3.34. The average molecular weight is 317 g/mol. The smallest absolute Gasteiger partial charge is 0.146 e. The predicted molar refractivity (Wildman–Crippen MR) is 95.2 cm³/mol. The zero-order chi connectivity index (χ0) is 16.5. The predicted octanol–water partition coefficient (Wildman–Crippen LogP) is 4.92. The number of para-hydroxylation sites is 1. The maximum Gasteiger partial charge on any atom is 0.146 e. The van der Waals surface area contributed by atoms with E-state index in [-0.39, 0.29) is 0 Å². The number of nitrogens with zero attached hydrogens (tertiary/aromatic N) is 2. The van der Waals surface area contributed by atoms with Crippen molar-refractivity contribution in [3.05, 3.63) is 66.4 Å². The maximum absolute atomic E-state index is 8.94. The number of aromatic nitrogens is 1. The molecule has 118 valence electrons. The lowest BCUT2D eigenvalue weighted by molar-refractivity contribution is 0.319. The highest BCUT2D eigenvalue weighted by Crippen LogP contribution is 2.31. The first kappa shape index (κ1) is 14.3. The molecule has 2 heterocycles. The molecule has 0 unspecified atom stereocenters. The van der Waals surface area contributed by atoms with E-state index < -0.39 is 0 Å². The molecule has 4 rings (SSSR count). The highest BCUT2D eigenvalue weighted by molar-refractivity contribution is 6.07. The summed E-state index contributed by atoms with van der Waals surface area (Å²) in [7, 11) is 0. The fraction of sp³-hybridized carbons (Fsp3) is 0.0526. The van der Waals surface area contributed by atoms with Gasteiger partial charge in [0.1, 0.15) is 11.4 Å². The molecule has 0 amide bonds. The number of anilines is 2. The van der Waals surface area contributed by atoms with Crippen molar-refractivity contribution in [3.63, 3.8) is 0 Å². The largest absolute Gasteiger partial charge is 0.463 e. The average Bonchev–Trinajstić information content (AvgIpc) is 3.12. The molecule has 2 N–H and O–H groups in total. The van der Waals surface area contributed by atoms with Crippen molar-refractivity contribution in [3.8, 4) is 0 Å². The first-order valence-electron chi connectivity index (χ1n) is 7.58. The topological polar surface area (TPSA) is 70.7 Å². The van der Waals surface area contributed by atoms with Crippen LogP contribution in [0, 0.1) is 0 Å². The second-order valence-electron chi connectivity index (χ2n) is 5.53.